The van der Waals surface area contributed by atoms with Gasteiger partial charge in [-0.05, 0) is 39.2 Å². The first-order valence-corrected chi connectivity index (χ1v) is 8.27. The zero-order valence-corrected chi connectivity index (χ0v) is 13.2. The molecule has 3 nitrogen and oxygen atoms in total. The molecule has 5 unspecified atom stereocenters. The monoisotopic (exact) mass is 282 g/mol. The highest BCUT2D eigenvalue weighted by atomic mass is 32.1. The van der Waals surface area contributed by atoms with Crippen molar-refractivity contribution in [2.45, 2.75) is 58.8 Å². The molecule has 19 heavy (non-hydrogen) atoms. The van der Waals surface area contributed by atoms with Crippen LogP contribution < -0.4 is 5.32 Å². The van der Waals surface area contributed by atoms with Crippen molar-refractivity contribution in [1.29, 1.82) is 0 Å². The van der Waals surface area contributed by atoms with Gasteiger partial charge in [0.15, 0.2) is 0 Å². The first-order chi connectivity index (χ1) is 9.13. The van der Waals surface area contributed by atoms with Gasteiger partial charge in [0.1, 0.15) is 0 Å². The van der Waals surface area contributed by atoms with Crippen LogP contribution in [0.3, 0.4) is 0 Å². The van der Waals surface area contributed by atoms with Crippen molar-refractivity contribution in [3.05, 3.63) is 16.6 Å². The summed E-state index contributed by atoms with van der Waals surface area (Å²) in [6.45, 7) is 10.0. The van der Waals surface area contributed by atoms with Gasteiger partial charge in [-0.25, -0.2) is 0 Å². The molecule has 1 aromatic heterocycles. The van der Waals surface area contributed by atoms with Crippen molar-refractivity contribution in [2.24, 2.45) is 11.8 Å². The van der Waals surface area contributed by atoms with Crippen molar-refractivity contribution >= 4 is 11.3 Å². The van der Waals surface area contributed by atoms with Gasteiger partial charge < -0.3 is 10.1 Å². The van der Waals surface area contributed by atoms with Gasteiger partial charge in [-0.2, -0.15) is 0 Å². The molecule has 0 spiro atoms. The van der Waals surface area contributed by atoms with Crippen LogP contribution in [-0.4, -0.2) is 29.8 Å². The van der Waals surface area contributed by atoms with Crippen molar-refractivity contribution < 1.29 is 4.74 Å². The van der Waals surface area contributed by atoms with Crippen LogP contribution in [0.15, 0.2) is 11.7 Å². The SMILES string of the molecule is CCCNC(Cc1cncs1)C1C(C)OC(C)C1C. The Morgan fingerprint density at radius 1 is 1.37 bits per heavy atom. The van der Waals surface area contributed by atoms with Crippen LogP contribution in [-0.2, 0) is 11.2 Å². The molecule has 0 amide bonds. The van der Waals surface area contributed by atoms with Gasteiger partial charge in [0.2, 0.25) is 0 Å². The van der Waals surface area contributed by atoms with Crippen molar-refractivity contribution in [1.82, 2.24) is 10.3 Å². The lowest BCUT2D eigenvalue weighted by molar-refractivity contribution is 0.0476. The lowest BCUT2D eigenvalue weighted by Crippen LogP contribution is -2.43. The molecule has 1 aliphatic heterocycles. The summed E-state index contributed by atoms with van der Waals surface area (Å²) in [5.41, 5.74) is 1.92. The van der Waals surface area contributed by atoms with Gasteiger partial charge in [-0.1, -0.05) is 13.8 Å². The van der Waals surface area contributed by atoms with E-state index in [1.165, 1.54) is 11.3 Å². The Balaban J connectivity index is 2.07. The summed E-state index contributed by atoms with van der Waals surface area (Å²) in [6, 6.07) is 0.496. The second-order valence-corrected chi connectivity index (χ2v) is 6.69. The lowest BCUT2D eigenvalue weighted by Gasteiger charge is -2.29. The van der Waals surface area contributed by atoms with E-state index in [0.29, 0.717) is 30.1 Å². The van der Waals surface area contributed by atoms with E-state index in [1.54, 1.807) is 11.3 Å². The molecule has 0 bridgehead atoms. The first-order valence-electron chi connectivity index (χ1n) is 7.39. The molecule has 2 rings (SSSR count). The van der Waals surface area contributed by atoms with Gasteiger partial charge in [0.05, 0.1) is 17.7 Å². The first kappa shape index (κ1) is 14.9. The molecule has 0 radical (unpaired) electrons. The van der Waals surface area contributed by atoms with Crippen LogP contribution in [0, 0.1) is 11.8 Å². The van der Waals surface area contributed by atoms with Gasteiger partial charge in [0.25, 0.3) is 0 Å². The molecule has 0 aliphatic carbocycles. The normalized spacial score (nSPS) is 32.6. The summed E-state index contributed by atoms with van der Waals surface area (Å²) < 4.78 is 6.01. The largest absolute Gasteiger partial charge is 0.375 e. The number of ether oxygens (including phenoxy) is 1. The van der Waals surface area contributed by atoms with E-state index in [1.807, 2.05) is 11.7 Å². The fourth-order valence-corrected chi connectivity index (χ4v) is 3.88. The summed E-state index contributed by atoms with van der Waals surface area (Å²) >= 11 is 1.75. The van der Waals surface area contributed by atoms with Crippen molar-refractivity contribution in [3.8, 4) is 0 Å². The molecule has 1 aromatic rings. The molecule has 4 heteroatoms. The zero-order valence-electron chi connectivity index (χ0n) is 12.4. The maximum Gasteiger partial charge on any atom is 0.0794 e. The van der Waals surface area contributed by atoms with Crippen LogP contribution in [0.2, 0.25) is 0 Å². The van der Waals surface area contributed by atoms with E-state index in [2.05, 4.69) is 38.0 Å². The topological polar surface area (TPSA) is 34.2 Å². The number of aromatic nitrogens is 1. The third-order valence-corrected chi connectivity index (χ3v) is 5.15. The molecular weight excluding hydrogens is 256 g/mol. The highest BCUT2D eigenvalue weighted by Gasteiger charge is 2.41. The smallest absolute Gasteiger partial charge is 0.0794 e. The van der Waals surface area contributed by atoms with Crippen molar-refractivity contribution in [3.63, 3.8) is 0 Å². The Labute approximate surface area is 120 Å². The third-order valence-electron chi connectivity index (χ3n) is 4.34. The van der Waals surface area contributed by atoms with E-state index in [4.69, 9.17) is 4.74 Å². The Morgan fingerprint density at radius 2 is 2.16 bits per heavy atom. The van der Waals surface area contributed by atoms with Crippen LogP contribution in [0.1, 0.15) is 39.0 Å². The molecule has 1 fully saturated rings. The number of nitrogens with one attached hydrogen (secondary N) is 1. The number of hydrogen-bond acceptors (Lipinski definition) is 4. The quantitative estimate of drug-likeness (QED) is 0.870. The van der Waals surface area contributed by atoms with Gasteiger partial charge in [0, 0.05) is 23.0 Å². The fourth-order valence-electron chi connectivity index (χ4n) is 3.22. The molecule has 0 saturated carbocycles. The fraction of sp³-hybridized carbons (Fsp3) is 0.800. The molecule has 2 heterocycles. The number of hydrogen-bond donors (Lipinski definition) is 1. The van der Waals surface area contributed by atoms with Gasteiger partial charge in [-0.15, -0.1) is 11.3 Å². The summed E-state index contributed by atoms with van der Waals surface area (Å²) in [5.74, 6) is 1.20. The highest BCUT2D eigenvalue weighted by Crippen LogP contribution is 2.35. The van der Waals surface area contributed by atoms with Crippen LogP contribution in [0.25, 0.3) is 0 Å². The van der Waals surface area contributed by atoms with Crippen LogP contribution >= 0.6 is 11.3 Å². The number of thiazole rings is 1. The second kappa shape index (κ2) is 6.82. The van der Waals surface area contributed by atoms with E-state index in [-0.39, 0.29) is 0 Å². The standard InChI is InChI=1S/C15H26N2OS/c1-5-6-17-14(7-13-8-16-9-19-13)15-10(2)11(3)18-12(15)4/h8-12,14-15,17H,5-7H2,1-4H3. The summed E-state index contributed by atoms with van der Waals surface area (Å²) in [4.78, 5) is 5.56. The minimum atomic E-state index is 0.340. The van der Waals surface area contributed by atoms with E-state index >= 15 is 0 Å². The number of nitrogens with zero attached hydrogens (tertiary/aromatic N) is 1. The summed E-state index contributed by atoms with van der Waals surface area (Å²) in [5, 5.41) is 3.73. The third kappa shape index (κ3) is 3.56. The average molecular weight is 282 g/mol. The molecule has 108 valence electrons. The minimum Gasteiger partial charge on any atom is -0.375 e. The number of rotatable bonds is 6. The molecule has 1 saturated heterocycles. The predicted octanol–water partition coefficient (Wildman–Crippen LogP) is 3.11. The molecule has 1 N–H and O–H groups in total. The van der Waals surface area contributed by atoms with Crippen LogP contribution in [0.4, 0.5) is 0 Å². The molecular formula is C15H26N2OS. The Morgan fingerprint density at radius 3 is 2.68 bits per heavy atom. The van der Waals surface area contributed by atoms with E-state index < -0.39 is 0 Å². The van der Waals surface area contributed by atoms with E-state index in [0.717, 1.165) is 13.0 Å². The predicted molar refractivity (Wildman–Crippen MR) is 80.6 cm³/mol. The van der Waals surface area contributed by atoms with Gasteiger partial charge in [-0.3, -0.25) is 4.98 Å². The highest BCUT2D eigenvalue weighted by molar-refractivity contribution is 7.09. The summed E-state index contributed by atoms with van der Waals surface area (Å²) in [6.07, 6.45) is 4.95. The second-order valence-electron chi connectivity index (χ2n) is 5.72. The average Bonchev–Trinajstić information content (AvgIpc) is 2.95. The lowest BCUT2D eigenvalue weighted by atomic mass is 9.82. The van der Waals surface area contributed by atoms with Crippen molar-refractivity contribution in [2.75, 3.05) is 6.54 Å². The maximum absolute atomic E-state index is 6.01. The minimum absolute atomic E-state index is 0.340. The zero-order chi connectivity index (χ0) is 13.8. The van der Waals surface area contributed by atoms with Crippen LogP contribution in [0.5, 0.6) is 0 Å². The Hall–Kier alpha value is -0.450. The summed E-state index contributed by atoms with van der Waals surface area (Å²) in [7, 11) is 0. The van der Waals surface area contributed by atoms with Gasteiger partial charge >= 0.3 is 0 Å². The Bertz CT molecular complexity index is 368. The molecule has 0 aromatic carbocycles. The molecule has 1 aliphatic rings. The van der Waals surface area contributed by atoms with E-state index in [9.17, 15) is 0 Å². The maximum atomic E-state index is 6.01. The molecule has 5 atom stereocenters. The Kier molecular flexibility index (Phi) is 5.37.